The molecule has 0 amide bonds. The van der Waals surface area contributed by atoms with Gasteiger partial charge in [-0.05, 0) is 46.7 Å². The van der Waals surface area contributed by atoms with Crippen LogP contribution in [0.25, 0.3) is 11.1 Å². The molecule has 2 nitrogen and oxygen atoms in total. The lowest BCUT2D eigenvalue weighted by Gasteiger charge is -2.35. The van der Waals surface area contributed by atoms with Crippen molar-refractivity contribution in [1.29, 1.82) is 0 Å². The molecule has 0 saturated carbocycles. The summed E-state index contributed by atoms with van der Waals surface area (Å²) in [6, 6.07) is 42.3. The van der Waals surface area contributed by atoms with Crippen molar-refractivity contribution in [2.24, 2.45) is 0 Å². The molecule has 0 N–H and O–H groups in total. The second-order valence-corrected chi connectivity index (χ2v) is 9.55. The lowest BCUT2D eigenvalue weighted by atomic mass is 9.67. The van der Waals surface area contributed by atoms with Gasteiger partial charge in [0.25, 0.3) is 0 Å². The molecule has 176 valence electrons. The van der Waals surface area contributed by atoms with Gasteiger partial charge in [0.2, 0.25) is 0 Å². The van der Waals surface area contributed by atoms with E-state index in [2.05, 4.69) is 115 Å². The van der Waals surface area contributed by atoms with Crippen LogP contribution in [-0.2, 0) is 20.4 Å². The summed E-state index contributed by atoms with van der Waals surface area (Å²) in [6.45, 7) is 2.21. The molecule has 0 heterocycles. The molecule has 0 unspecified atom stereocenters. The minimum atomic E-state index is -0.629. The van der Waals surface area contributed by atoms with Crippen LogP contribution >= 0.6 is 0 Å². The zero-order chi connectivity index (χ0) is 24.6. The summed E-state index contributed by atoms with van der Waals surface area (Å²) in [4.78, 5) is 13.7. The van der Waals surface area contributed by atoms with Gasteiger partial charge < -0.3 is 4.74 Å². The smallest absolute Gasteiger partial charge is 0.334 e. The van der Waals surface area contributed by atoms with Gasteiger partial charge in [-0.2, -0.15) is 0 Å². The molecule has 6 rings (SSSR count). The molecular formula is C34H28O2. The Hall–Kier alpha value is -4.17. The van der Waals surface area contributed by atoms with Crippen molar-refractivity contribution in [3.8, 4) is 0 Å². The van der Waals surface area contributed by atoms with Crippen molar-refractivity contribution < 1.29 is 9.53 Å². The van der Waals surface area contributed by atoms with Gasteiger partial charge in [0.1, 0.15) is 0 Å². The van der Waals surface area contributed by atoms with Gasteiger partial charge >= 0.3 is 5.97 Å². The van der Waals surface area contributed by atoms with Gasteiger partial charge in [0.05, 0.1) is 12.0 Å². The van der Waals surface area contributed by atoms with Crippen molar-refractivity contribution in [2.45, 2.75) is 24.2 Å². The molecule has 2 aliphatic carbocycles. The molecule has 2 bridgehead atoms. The molecule has 2 atom stereocenters. The number of ether oxygens (including phenoxy) is 1. The van der Waals surface area contributed by atoms with Gasteiger partial charge in [0, 0.05) is 11.0 Å². The molecular weight excluding hydrogens is 440 g/mol. The number of carbonyl (C=O) groups excluding carboxylic acids is 1. The first kappa shape index (κ1) is 22.3. The third kappa shape index (κ3) is 3.21. The topological polar surface area (TPSA) is 26.3 Å². The summed E-state index contributed by atoms with van der Waals surface area (Å²) in [5.41, 5.74) is 6.71. The summed E-state index contributed by atoms with van der Waals surface area (Å²) >= 11 is 0. The predicted octanol–water partition coefficient (Wildman–Crippen LogP) is 7.38. The van der Waals surface area contributed by atoms with Crippen LogP contribution in [0.1, 0.15) is 35.6 Å². The molecule has 0 radical (unpaired) electrons. The van der Waals surface area contributed by atoms with Gasteiger partial charge in [0.15, 0.2) is 0 Å². The molecule has 4 aromatic carbocycles. The highest BCUT2D eigenvalue weighted by Crippen LogP contribution is 2.69. The standard InChI is InChI=1S/C34H28O2/c1-2-36-32(35)29-23-33(27-19-11-5-12-20-27)24-34(29,28-21-13-6-14-22-28)31(26-17-9-4-10-18-26)30(33)25-15-7-3-8-16-25/h3-23H,2,24H2,1H3/t33-,34+/m0/s1. The Morgan fingerprint density at radius 1 is 0.667 bits per heavy atom. The third-order valence-corrected chi connectivity index (χ3v) is 7.69. The maximum absolute atomic E-state index is 13.7. The van der Waals surface area contributed by atoms with Gasteiger partial charge in [-0.25, -0.2) is 4.79 Å². The number of benzene rings is 4. The number of esters is 1. The lowest BCUT2D eigenvalue weighted by Crippen LogP contribution is -2.31. The number of rotatable bonds is 6. The lowest BCUT2D eigenvalue weighted by molar-refractivity contribution is -0.139. The van der Waals surface area contributed by atoms with Crippen molar-refractivity contribution in [3.05, 3.63) is 155 Å². The van der Waals surface area contributed by atoms with E-state index in [1.165, 1.54) is 22.3 Å². The maximum atomic E-state index is 13.7. The van der Waals surface area contributed by atoms with Crippen LogP contribution in [0.2, 0.25) is 0 Å². The highest BCUT2D eigenvalue weighted by atomic mass is 16.5. The monoisotopic (exact) mass is 468 g/mol. The predicted molar refractivity (Wildman–Crippen MR) is 145 cm³/mol. The van der Waals surface area contributed by atoms with Crippen LogP contribution < -0.4 is 0 Å². The molecule has 0 fully saturated rings. The van der Waals surface area contributed by atoms with E-state index in [1.807, 2.05) is 19.1 Å². The molecule has 2 aliphatic rings. The molecule has 4 aromatic rings. The van der Waals surface area contributed by atoms with E-state index < -0.39 is 10.8 Å². The van der Waals surface area contributed by atoms with E-state index in [0.29, 0.717) is 6.61 Å². The van der Waals surface area contributed by atoms with E-state index in [0.717, 1.165) is 23.1 Å². The largest absolute Gasteiger partial charge is 0.463 e. The van der Waals surface area contributed by atoms with Crippen LogP contribution in [0, 0.1) is 0 Å². The molecule has 0 saturated heterocycles. The van der Waals surface area contributed by atoms with Crippen molar-refractivity contribution in [1.82, 2.24) is 0 Å². The van der Waals surface area contributed by atoms with Crippen molar-refractivity contribution >= 4 is 17.1 Å². The van der Waals surface area contributed by atoms with E-state index in [4.69, 9.17) is 4.74 Å². The second-order valence-electron chi connectivity index (χ2n) is 9.55. The minimum absolute atomic E-state index is 0.236. The summed E-state index contributed by atoms with van der Waals surface area (Å²) in [6.07, 6.45) is 2.96. The Bertz CT molecular complexity index is 1450. The normalized spacial score (nSPS) is 22.4. The van der Waals surface area contributed by atoms with Gasteiger partial charge in [-0.3, -0.25) is 0 Å². The molecule has 2 heteroatoms. The highest BCUT2D eigenvalue weighted by molar-refractivity contribution is 6.13. The molecule has 0 aliphatic heterocycles. The SMILES string of the molecule is CCOC(=O)C1=C[C@@]2(c3ccccc3)C[C@]1(c1ccccc1)C(c1ccccc1)=C2c1ccccc1. The molecule has 0 aromatic heterocycles. The van der Waals surface area contributed by atoms with E-state index in [1.54, 1.807) is 0 Å². The fraction of sp³-hybridized carbons (Fsp3) is 0.147. The van der Waals surface area contributed by atoms with Crippen LogP contribution in [0.4, 0.5) is 0 Å². The number of allylic oxidation sites excluding steroid dienone is 3. The first-order valence-corrected chi connectivity index (χ1v) is 12.6. The highest BCUT2D eigenvalue weighted by Gasteiger charge is 2.63. The third-order valence-electron chi connectivity index (χ3n) is 7.69. The van der Waals surface area contributed by atoms with Crippen LogP contribution in [0.5, 0.6) is 0 Å². The van der Waals surface area contributed by atoms with Gasteiger partial charge in [-0.15, -0.1) is 0 Å². The Balaban J connectivity index is 1.77. The van der Waals surface area contributed by atoms with E-state index in [-0.39, 0.29) is 5.97 Å². The van der Waals surface area contributed by atoms with E-state index in [9.17, 15) is 4.79 Å². The molecule has 0 spiro atoms. The fourth-order valence-corrected chi connectivity index (χ4v) is 6.39. The maximum Gasteiger partial charge on any atom is 0.334 e. The Labute approximate surface area is 212 Å². The molecule has 36 heavy (non-hydrogen) atoms. The summed E-state index contributed by atoms with van der Waals surface area (Å²) in [5, 5.41) is 0. The number of fused-ring (bicyclic) bond motifs is 2. The number of hydrogen-bond acceptors (Lipinski definition) is 2. The Morgan fingerprint density at radius 2 is 1.14 bits per heavy atom. The van der Waals surface area contributed by atoms with Crippen LogP contribution in [0.3, 0.4) is 0 Å². The quantitative estimate of drug-likeness (QED) is 0.276. The first-order valence-electron chi connectivity index (χ1n) is 12.6. The summed E-state index contributed by atoms with van der Waals surface area (Å²) in [5.74, 6) is -0.236. The first-order chi connectivity index (χ1) is 17.7. The van der Waals surface area contributed by atoms with Crippen molar-refractivity contribution in [2.75, 3.05) is 6.61 Å². The Kier molecular flexibility index (Phi) is 5.45. The minimum Gasteiger partial charge on any atom is -0.463 e. The van der Waals surface area contributed by atoms with E-state index >= 15 is 0 Å². The number of carbonyl (C=O) groups is 1. The van der Waals surface area contributed by atoms with Gasteiger partial charge in [-0.1, -0.05) is 127 Å². The summed E-state index contributed by atoms with van der Waals surface area (Å²) in [7, 11) is 0. The second kappa shape index (κ2) is 8.80. The van der Waals surface area contributed by atoms with Crippen molar-refractivity contribution in [3.63, 3.8) is 0 Å². The van der Waals surface area contributed by atoms with Crippen LogP contribution in [-0.4, -0.2) is 12.6 Å². The number of hydrogen-bond donors (Lipinski definition) is 0. The zero-order valence-electron chi connectivity index (χ0n) is 20.4. The fourth-order valence-electron chi connectivity index (χ4n) is 6.39. The average Bonchev–Trinajstić information content (AvgIpc) is 3.47. The van der Waals surface area contributed by atoms with Crippen LogP contribution in [0.15, 0.2) is 133 Å². The zero-order valence-corrected chi connectivity index (χ0v) is 20.4. The average molecular weight is 469 g/mol. The Morgan fingerprint density at radius 3 is 1.67 bits per heavy atom. The summed E-state index contributed by atoms with van der Waals surface area (Å²) < 4.78 is 5.70.